The van der Waals surface area contributed by atoms with E-state index in [1.54, 1.807) is 25.1 Å². The van der Waals surface area contributed by atoms with Crippen molar-refractivity contribution in [3.05, 3.63) is 40.9 Å². The maximum absolute atomic E-state index is 9.70. The highest BCUT2D eigenvalue weighted by Crippen LogP contribution is 2.32. The highest BCUT2D eigenvalue weighted by molar-refractivity contribution is 6.31. The van der Waals surface area contributed by atoms with E-state index < -0.39 is 5.54 Å². The van der Waals surface area contributed by atoms with Crippen LogP contribution < -0.4 is 5.73 Å². The van der Waals surface area contributed by atoms with Gasteiger partial charge in [-0.05, 0) is 31.5 Å². The van der Waals surface area contributed by atoms with Crippen LogP contribution >= 0.6 is 11.6 Å². The summed E-state index contributed by atoms with van der Waals surface area (Å²) < 4.78 is 0. The fourth-order valence-corrected chi connectivity index (χ4v) is 1.37. The van der Waals surface area contributed by atoms with Crippen molar-refractivity contribution in [2.75, 3.05) is 0 Å². The fourth-order valence-electron chi connectivity index (χ4n) is 1.21. The van der Waals surface area contributed by atoms with Crippen LogP contribution in [0.4, 0.5) is 0 Å². The number of halogens is 1. The Balaban J connectivity index is 3.36. The summed E-state index contributed by atoms with van der Waals surface area (Å²) in [5.74, 6) is 0.150. The molecule has 0 aliphatic carbocycles. The quantitative estimate of drug-likeness (QED) is 0.739. The first-order valence-electron chi connectivity index (χ1n) is 4.30. The number of aryl methyl sites for hydroxylation is 1. The zero-order valence-corrected chi connectivity index (χ0v) is 9.10. The molecule has 2 nitrogen and oxygen atoms in total. The van der Waals surface area contributed by atoms with E-state index in [-0.39, 0.29) is 5.75 Å². The number of hydrogen-bond donors (Lipinski definition) is 2. The monoisotopic (exact) mass is 211 g/mol. The van der Waals surface area contributed by atoms with Crippen molar-refractivity contribution in [3.63, 3.8) is 0 Å². The lowest BCUT2D eigenvalue weighted by atomic mass is 9.92. The molecule has 0 spiro atoms. The number of benzene rings is 1. The third kappa shape index (κ3) is 1.91. The number of nitrogens with two attached hydrogens (primary N) is 1. The minimum Gasteiger partial charge on any atom is -0.508 e. The molecule has 1 unspecified atom stereocenters. The van der Waals surface area contributed by atoms with Crippen molar-refractivity contribution in [1.29, 1.82) is 0 Å². The molecule has 0 bridgehead atoms. The maximum Gasteiger partial charge on any atom is 0.121 e. The third-order valence-electron chi connectivity index (χ3n) is 2.28. The molecule has 1 aromatic rings. The van der Waals surface area contributed by atoms with Gasteiger partial charge in [0.05, 0.1) is 5.54 Å². The van der Waals surface area contributed by atoms with Crippen LogP contribution in [-0.4, -0.2) is 5.11 Å². The van der Waals surface area contributed by atoms with Crippen LogP contribution in [0.2, 0.25) is 5.02 Å². The molecule has 1 aromatic carbocycles. The number of phenolic OH excluding ortho intramolecular Hbond substituents is 1. The van der Waals surface area contributed by atoms with Crippen molar-refractivity contribution in [2.24, 2.45) is 5.73 Å². The van der Waals surface area contributed by atoms with Gasteiger partial charge in [0.1, 0.15) is 5.75 Å². The van der Waals surface area contributed by atoms with Crippen LogP contribution in [0, 0.1) is 6.92 Å². The predicted octanol–water partition coefficient (Wildman–Crippen LogP) is 2.71. The molecule has 76 valence electrons. The summed E-state index contributed by atoms with van der Waals surface area (Å²) in [4.78, 5) is 0. The first-order valence-corrected chi connectivity index (χ1v) is 4.68. The Labute approximate surface area is 89.0 Å². The Bertz CT molecular complexity index is 372. The van der Waals surface area contributed by atoms with Gasteiger partial charge in [0.15, 0.2) is 0 Å². The minimum absolute atomic E-state index is 0.150. The molecule has 0 fully saturated rings. The average molecular weight is 212 g/mol. The number of hydrogen-bond acceptors (Lipinski definition) is 2. The van der Waals surface area contributed by atoms with Gasteiger partial charge in [-0.15, -0.1) is 6.58 Å². The third-order valence-corrected chi connectivity index (χ3v) is 2.69. The molecule has 0 saturated heterocycles. The Morgan fingerprint density at radius 2 is 2.14 bits per heavy atom. The SMILES string of the molecule is C=CC(C)(N)c1cc(Cl)c(C)cc1O. The molecule has 0 heterocycles. The van der Waals surface area contributed by atoms with Gasteiger partial charge < -0.3 is 10.8 Å². The molecule has 1 rings (SSSR count). The molecular weight excluding hydrogens is 198 g/mol. The highest BCUT2D eigenvalue weighted by Gasteiger charge is 2.21. The molecule has 3 N–H and O–H groups in total. The highest BCUT2D eigenvalue weighted by atomic mass is 35.5. The van der Waals surface area contributed by atoms with E-state index >= 15 is 0 Å². The van der Waals surface area contributed by atoms with Gasteiger partial charge in [0.2, 0.25) is 0 Å². The van der Waals surface area contributed by atoms with E-state index in [1.807, 2.05) is 6.92 Å². The molecule has 0 aliphatic heterocycles. The predicted molar refractivity (Wildman–Crippen MR) is 59.6 cm³/mol. The van der Waals surface area contributed by atoms with E-state index in [9.17, 15) is 5.11 Å². The maximum atomic E-state index is 9.70. The van der Waals surface area contributed by atoms with Crippen LogP contribution in [0.3, 0.4) is 0 Å². The van der Waals surface area contributed by atoms with Crippen LogP contribution in [0.1, 0.15) is 18.1 Å². The van der Waals surface area contributed by atoms with Crippen molar-refractivity contribution < 1.29 is 5.11 Å². The van der Waals surface area contributed by atoms with Gasteiger partial charge in [-0.2, -0.15) is 0 Å². The topological polar surface area (TPSA) is 46.2 Å². The van der Waals surface area contributed by atoms with Crippen molar-refractivity contribution in [2.45, 2.75) is 19.4 Å². The lowest BCUT2D eigenvalue weighted by Gasteiger charge is -2.22. The average Bonchev–Trinajstić information content (AvgIpc) is 2.11. The van der Waals surface area contributed by atoms with Gasteiger partial charge in [-0.3, -0.25) is 0 Å². The number of phenols is 1. The largest absolute Gasteiger partial charge is 0.508 e. The number of rotatable bonds is 2. The smallest absolute Gasteiger partial charge is 0.121 e. The molecule has 0 aliphatic rings. The van der Waals surface area contributed by atoms with Gasteiger partial charge in [0, 0.05) is 10.6 Å². The van der Waals surface area contributed by atoms with E-state index in [0.29, 0.717) is 10.6 Å². The lowest BCUT2D eigenvalue weighted by Crippen LogP contribution is -2.30. The summed E-state index contributed by atoms with van der Waals surface area (Å²) >= 11 is 5.95. The van der Waals surface area contributed by atoms with Gasteiger partial charge in [-0.1, -0.05) is 17.7 Å². The second kappa shape index (κ2) is 3.64. The van der Waals surface area contributed by atoms with Crippen LogP contribution in [-0.2, 0) is 5.54 Å². The second-order valence-electron chi connectivity index (χ2n) is 3.61. The number of aromatic hydroxyl groups is 1. The van der Waals surface area contributed by atoms with E-state index in [2.05, 4.69) is 6.58 Å². The van der Waals surface area contributed by atoms with Crippen LogP contribution in [0.15, 0.2) is 24.8 Å². The van der Waals surface area contributed by atoms with Crippen molar-refractivity contribution in [3.8, 4) is 5.75 Å². The van der Waals surface area contributed by atoms with Gasteiger partial charge in [0.25, 0.3) is 0 Å². The second-order valence-corrected chi connectivity index (χ2v) is 4.01. The van der Waals surface area contributed by atoms with Crippen molar-refractivity contribution >= 4 is 11.6 Å². The Kier molecular flexibility index (Phi) is 2.88. The van der Waals surface area contributed by atoms with Gasteiger partial charge >= 0.3 is 0 Å². The van der Waals surface area contributed by atoms with E-state index in [0.717, 1.165) is 5.56 Å². The van der Waals surface area contributed by atoms with Crippen LogP contribution in [0.5, 0.6) is 5.75 Å². The molecule has 1 atom stereocenters. The summed E-state index contributed by atoms with van der Waals surface area (Å²) in [7, 11) is 0. The molecule has 0 amide bonds. The lowest BCUT2D eigenvalue weighted by molar-refractivity contribution is 0.451. The van der Waals surface area contributed by atoms with Gasteiger partial charge in [-0.25, -0.2) is 0 Å². The molecule has 0 radical (unpaired) electrons. The first kappa shape index (κ1) is 11.1. The summed E-state index contributed by atoms with van der Waals surface area (Å²) in [6.07, 6.45) is 1.58. The molecular formula is C11H14ClNO. The molecule has 0 saturated carbocycles. The molecule has 14 heavy (non-hydrogen) atoms. The zero-order valence-electron chi connectivity index (χ0n) is 8.34. The summed E-state index contributed by atoms with van der Waals surface area (Å²) in [6.45, 7) is 7.21. The van der Waals surface area contributed by atoms with Crippen molar-refractivity contribution in [1.82, 2.24) is 0 Å². The summed E-state index contributed by atoms with van der Waals surface area (Å²) in [5, 5.41) is 10.3. The minimum atomic E-state index is -0.762. The van der Waals surface area contributed by atoms with E-state index in [1.165, 1.54) is 0 Å². The normalized spacial score (nSPS) is 14.9. The van der Waals surface area contributed by atoms with Crippen LogP contribution in [0.25, 0.3) is 0 Å². The fraction of sp³-hybridized carbons (Fsp3) is 0.273. The summed E-state index contributed by atoms with van der Waals surface area (Å²) in [6, 6.07) is 3.28. The first-order chi connectivity index (χ1) is 6.38. The Morgan fingerprint density at radius 3 is 2.64 bits per heavy atom. The Hall–Kier alpha value is -0.990. The molecule has 3 heteroatoms. The van der Waals surface area contributed by atoms with E-state index in [4.69, 9.17) is 17.3 Å². The standard InChI is InChI=1S/C11H14ClNO/c1-4-11(3,13)8-6-9(12)7(2)5-10(8)14/h4-6,14H,1,13H2,2-3H3. The molecule has 0 aromatic heterocycles. The zero-order chi connectivity index (χ0) is 10.9. The Morgan fingerprint density at radius 1 is 1.57 bits per heavy atom. The summed E-state index contributed by atoms with van der Waals surface area (Å²) in [5.41, 5.74) is 6.57.